The highest BCUT2D eigenvalue weighted by atomic mass is 32.1. The van der Waals surface area contributed by atoms with Gasteiger partial charge in [-0.1, -0.05) is 29.5 Å². The molecule has 2 heterocycles. The Morgan fingerprint density at radius 1 is 1.25 bits per heavy atom. The second-order valence-corrected chi connectivity index (χ2v) is 7.69. The summed E-state index contributed by atoms with van der Waals surface area (Å²) in [5, 5.41) is 13.3. The smallest absolute Gasteiger partial charge is 0.349 e. The van der Waals surface area contributed by atoms with Crippen LogP contribution >= 0.6 is 11.3 Å². The van der Waals surface area contributed by atoms with Gasteiger partial charge in [0.25, 0.3) is 5.91 Å². The van der Waals surface area contributed by atoms with Gasteiger partial charge in [-0.2, -0.15) is 0 Å². The summed E-state index contributed by atoms with van der Waals surface area (Å²) in [5.74, 6) is -0.757. The SMILES string of the molecule is CN(C)Cc1ccc2nc(NC(=O)c3cc4cccc(O)c4oc3=O)sc2c1. The molecule has 2 aromatic heterocycles. The number of carbonyl (C=O) groups is 1. The minimum absolute atomic E-state index is 0.0532. The number of benzene rings is 2. The average Bonchev–Trinajstić information content (AvgIpc) is 3.03. The van der Waals surface area contributed by atoms with E-state index in [1.807, 2.05) is 32.3 Å². The van der Waals surface area contributed by atoms with E-state index in [9.17, 15) is 14.7 Å². The molecule has 0 radical (unpaired) electrons. The third-order valence-corrected chi connectivity index (χ3v) is 5.09. The lowest BCUT2D eigenvalue weighted by molar-refractivity contribution is 0.102. The molecule has 0 saturated heterocycles. The van der Waals surface area contributed by atoms with Crippen LogP contribution in [-0.2, 0) is 6.54 Å². The highest BCUT2D eigenvalue weighted by molar-refractivity contribution is 7.22. The number of amides is 1. The number of phenolic OH excluding ortho intramolecular Hbond substituents is 1. The number of anilines is 1. The van der Waals surface area contributed by atoms with Crippen LogP contribution in [0.5, 0.6) is 5.75 Å². The van der Waals surface area contributed by atoms with Gasteiger partial charge in [0.1, 0.15) is 5.56 Å². The molecule has 142 valence electrons. The quantitative estimate of drug-likeness (QED) is 0.514. The van der Waals surface area contributed by atoms with Gasteiger partial charge in [0, 0.05) is 11.9 Å². The van der Waals surface area contributed by atoms with E-state index < -0.39 is 11.5 Å². The van der Waals surface area contributed by atoms with Crippen molar-refractivity contribution in [3.05, 3.63) is 64.0 Å². The lowest BCUT2D eigenvalue weighted by Crippen LogP contribution is -2.20. The fourth-order valence-corrected chi connectivity index (χ4v) is 3.86. The van der Waals surface area contributed by atoms with Crippen LogP contribution in [0.4, 0.5) is 5.13 Å². The molecule has 28 heavy (non-hydrogen) atoms. The van der Waals surface area contributed by atoms with Gasteiger partial charge in [0.05, 0.1) is 10.2 Å². The summed E-state index contributed by atoms with van der Waals surface area (Å²) in [7, 11) is 3.99. The largest absolute Gasteiger partial charge is 0.504 e. The fourth-order valence-electron chi connectivity index (χ4n) is 2.94. The van der Waals surface area contributed by atoms with Gasteiger partial charge in [-0.3, -0.25) is 10.1 Å². The van der Waals surface area contributed by atoms with Crippen molar-refractivity contribution in [1.82, 2.24) is 9.88 Å². The Hall–Kier alpha value is -3.23. The highest BCUT2D eigenvalue weighted by Gasteiger charge is 2.17. The van der Waals surface area contributed by atoms with Gasteiger partial charge in [0.2, 0.25) is 0 Å². The first-order chi connectivity index (χ1) is 13.4. The summed E-state index contributed by atoms with van der Waals surface area (Å²) in [6.07, 6.45) is 0. The number of carbonyl (C=O) groups excluding carboxylic acids is 1. The zero-order valence-corrected chi connectivity index (χ0v) is 16.0. The number of hydrogen-bond donors (Lipinski definition) is 2. The highest BCUT2D eigenvalue weighted by Crippen LogP contribution is 2.28. The van der Waals surface area contributed by atoms with E-state index in [2.05, 4.69) is 15.2 Å². The number of hydrogen-bond acceptors (Lipinski definition) is 7. The number of aromatic nitrogens is 1. The Morgan fingerprint density at radius 2 is 2.07 bits per heavy atom. The van der Waals surface area contributed by atoms with E-state index in [1.54, 1.807) is 12.1 Å². The van der Waals surface area contributed by atoms with Gasteiger partial charge in [-0.05, 0) is 43.9 Å². The van der Waals surface area contributed by atoms with Crippen molar-refractivity contribution < 1.29 is 14.3 Å². The molecule has 4 rings (SSSR count). The number of rotatable bonds is 4. The minimum Gasteiger partial charge on any atom is -0.504 e. The molecule has 0 unspecified atom stereocenters. The maximum absolute atomic E-state index is 12.6. The molecule has 2 aromatic carbocycles. The summed E-state index contributed by atoms with van der Waals surface area (Å²) in [6, 6.07) is 12.0. The number of aromatic hydroxyl groups is 1. The zero-order chi connectivity index (χ0) is 19.8. The summed E-state index contributed by atoms with van der Waals surface area (Å²) >= 11 is 1.34. The summed E-state index contributed by atoms with van der Waals surface area (Å²) in [5.41, 5.74) is 1.01. The molecule has 0 aliphatic rings. The minimum atomic E-state index is -0.819. The zero-order valence-electron chi connectivity index (χ0n) is 15.2. The standard InChI is InChI=1S/C20H17N3O4S/c1-23(2)10-11-6-7-14-16(8-11)28-20(21-14)22-18(25)13-9-12-4-3-5-15(24)17(12)27-19(13)26/h3-9,24H,10H2,1-2H3,(H,21,22,25). The molecule has 0 bridgehead atoms. The Labute approximate surface area is 163 Å². The molecular weight excluding hydrogens is 378 g/mol. The van der Waals surface area contributed by atoms with Crippen molar-refractivity contribution in [1.29, 1.82) is 0 Å². The van der Waals surface area contributed by atoms with Crippen LogP contribution in [0.15, 0.2) is 51.7 Å². The van der Waals surface area contributed by atoms with Gasteiger partial charge in [0.15, 0.2) is 16.5 Å². The normalized spacial score (nSPS) is 11.4. The molecule has 1 amide bonds. The van der Waals surface area contributed by atoms with E-state index >= 15 is 0 Å². The number of para-hydroxylation sites is 1. The van der Waals surface area contributed by atoms with E-state index in [4.69, 9.17) is 4.42 Å². The number of phenols is 1. The third-order valence-electron chi connectivity index (χ3n) is 4.16. The molecule has 0 aliphatic carbocycles. The molecule has 0 aliphatic heterocycles. The fraction of sp³-hybridized carbons (Fsp3) is 0.150. The topological polar surface area (TPSA) is 95.7 Å². The number of nitrogens with one attached hydrogen (secondary N) is 1. The lowest BCUT2D eigenvalue weighted by atomic mass is 10.1. The van der Waals surface area contributed by atoms with Gasteiger partial charge in [-0.25, -0.2) is 9.78 Å². The monoisotopic (exact) mass is 395 g/mol. The summed E-state index contributed by atoms with van der Waals surface area (Å²) in [4.78, 5) is 31.2. The molecule has 8 heteroatoms. The Bertz CT molecular complexity index is 1260. The van der Waals surface area contributed by atoms with Crippen LogP contribution in [0.1, 0.15) is 15.9 Å². The first kappa shape index (κ1) is 18.1. The number of fused-ring (bicyclic) bond motifs is 2. The van der Waals surface area contributed by atoms with Crippen molar-refractivity contribution in [2.24, 2.45) is 0 Å². The van der Waals surface area contributed by atoms with Crippen molar-refractivity contribution in [2.75, 3.05) is 19.4 Å². The maximum Gasteiger partial charge on any atom is 0.349 e. The average molecular weight is 395 g/mol. The first-order valence-electron chi connectivity index (χ1n) is 8.52. The van der Waals surface area contributed by atoms with Crippen LogP contribution in [0, 0.1) is 0 Å². The van der Waals surface area contributed by atoms with E-state index in [0.717, 1.165) is 22.3 Å². The maximum atomic E-state index is 12.6. The predicted molar refractivity (Wildman–Crippen MR) is 109 cm³/mol. The van der Waals surface area contributed by atoms with Crippen molar-refractivity contribution in [2.45, 2.75) is 6.54 Å². The number of nitrogens with zero attached hydrogens (tertiary/aromatic N) is 2. The van der Waals surface area contributed by atoms with E-state index in [0.29, 0.717) is 10.5 Å². The second-order valence-electron chi connectivity index (χ2n) is 6.66. The van der Waals surface area contributed by atoms with Gasteiger partial charge < -0.3 is 14.4 Å². The van der Waals surface area contributed by atoms with Crippen LogP contribution in [-0.4, -0.2) is 35.0 Å². The molecular formula is C20H17N3O4S. The lowest BCUT2D eigenvalue weighted by Gasteiger charge is -2.08. The molecule has 0 spiro atoms. The molecule has 7 nitrogen and oxygen atoms in total. The van der Waals surface area contributed by atoms with E-state index in [-0.39, 0.29) is 16.9 Å². The summed E-state index contributed by atoms with van der Waals surface area (Å²) in [6.45, 7) is 0.806. The predicted octanol–water partition coefficient (Wildman–Crippen LogP) is 3.42. The Kier molecular flexibility index (Phi) is 4.58. The van der Waals surface area contributed by atoms with Gasteiger partial charge >= 0.3 is 5.63 Å². The number of thiazole rings is 1. The van der Waals surface area contributed by atoms with Crippen molar-refractivity contribution >= 4 is 43.6 Å². The van der Waals surface area contributed by atoms with Crippen LogP contribution in [0.2, 0.25) is 0 Å². The van der Waals surface area contributed by atoms with Crippen LogP contribution in [0.25, 0.3) is 21.2 Å². The summed E-state index contributed by atoms with van der Waals surface area (Å²) < 4.78 is 6.06. The van der Waals surface area contributed by atoms with Gasteiger partial charge in [-0.15, -0.1) is 0 Å². The van der Waals surface area contributed by atoms with Crippen LogP contribution < -0.4 is 10.9 Å². The molecule has 4 aromatic rings. The molecule has 0 saturated carbocycles. The van der Waals surface area contributed by atoms with Crippen molar-refractivity contribution in [3.63, 3.8) is 0 Å². The molecule has 2 N–H and O–H groups in total. The van der Waals surface area contributed by atoms with Crippen LogP contribution in [0.3, 0.4) is 0 Å². The second kappa shape index (κ2) is 7.06. The third kappa shape index (κ3) is 3.47. The Morgan fingerprint density at radius 3 is 2.86 bits per heavy atom. The van der Waals surface area contributed by atoms with E-state index in [1.165, 1.54) is 23.5 Å². The van der Waals surface area contributed by atoms with Crippen molar-refractivity contribution in [3.8, 4) is 5.75 Å². The Balaban J connectivity index is 1.64. The molecule has 0 fully saturated rings. The molecule has 0 atom stereocenters. The first-order valence-corrected chi connectivity index (χ1v) is 9.34.